The second-order valence-electron chi connectivity index (χ2n) is 5.22. The highest BCUT2D eigenvalue weighted by molar-refractivity contribution is 4.61. The number of unbranched alkanes of at least 4 members (excludes halogenated alkanes) is 1. The second-order valence-corrected chi connectivity index (χ2v) is 5.22. The molecule has 0 aromatic rings. The van der Waals surface area contributed by atoms with E-state index in [-0.39, 0.29) is 0 Å². The number of rotatable bonds is 10. The van der Waals surface area contributed by atoms with Crippen LogP contribution in [0.25, 0.3) is 0 Å². The molecule has 98 valence electrons. The summed E-state index contributed by atoms with van der Waals surface area (Å²) in [4.78, 5) is 2.59. The highest BCUT2D eigenvalue weighted by Gasteiger charge is 2.06. The van der Waals surface area contributed by atoms with Crippen molar-refractivity contribution in [3.8, 4) is 0 Å². The van der Waals surface area contributed by atoms with Crippen LogP contribution in [0, 0.1) is 5.92 Å². The van der Waals surface area contributed by atoms with Gasteiger partial charge < -0.3 is 10.2 Å². The van der Waals surface area contributed by atoms with Crippen LogP contribution in [0.15, 0.2) is 0 Å². The molecule has 2 nitrogen and oxygen atoms in total. The largest absolute Gasteiger partial charge is 0.315 e. The van der Waals surface area contributed by atoms with Gasteiger partial charge in [-0.1, -0.05) is 41.0 Å². The minimum absolute atomic E-state index is 0.627. The second kappa shape index (κ2) is 10.1. The van der Waals surface area contributed by atoms with Gasteiger partial charge >= 0.3 is 0 Å². The molecule has 0 saturated carbocycles. The van der Waals surface area contributed by atoms with Gasteiger partial charge in [0, 0.05) is 12.6 Å². The van der Waals surface area contributed by atoms with Gasteiger partial charge in [-0.05, 0) is 38.4 Å². The van der Waals surface area contributed by atoms with E-state index in [1.165, 1.54) is 45.4 Å². The minimum atomic E-state index is 0.627. The summed E-state index contributed by atoms with van der Waals surface area (Å²) in [7, 11) is 0. The third kappa shape index (κ3) is 9.17. The summed E-state index contributed by atoms with van der Waals surface area (Å²) < 4.78 is 0. The molecule has 1 unspecified atom stereocenters. The Morgan fingerprint density at radius 2 is 1.75 bits per heavy atom. The molecule has 2 heteroatoms. The van der Waals surface area contributed by atoms with Crippen molar-refractivity contribution in [2.75, 3.05) is 26.2 Å². The van der Waals surface area contributed by atoms with Gasteiger partial charge in [-0.25, -0.2) is 0 Å². The van der Waals surface area contributed by atoms with E-state index in [1.807, 2.05) is 0 Å². The molecule has 0 aliphatic heterocycles. The molecule has 0 aliphatic rings. The zero-order chi connectivity index (χ0) is 12.4. The SMILES string of the molecule is CCC(C)CN(CC)CCCCNC(C)C. The molecule has 0 fully saturated rings. The Bertz CT molecular complexity index is 146. The lowest BCUT2D eigenvalue weighted by Gasteiger charge is -2.23. The van der Waals surface area contributed by atoms with Crippen LogP contribution in [0.4, 0.5) is 0 Å². The monoisotopic (exact) mass is 228 g/mol. The smallest absolute Gasteiger partial charge is 0.00103 e. The predicted octanol–water partition coefficient (Wildman–Crippen LogP) is 3.13. The van der Waals surface area contributed by atoms with Gasteiger partial charge in [0.05, 0.1) is 0 Å². The Labute approximate surface area is 103 Å². The predicted molar refractivity (Wildman–Crippen MR) is 73.9 cm³/mol. The van der Waals surface area contributed by atoms with Crippen LogP contribution in [0.1, 0.15) is 53.9 Å². The van der Waals surface area contributed by atoms with Gasteiger partial charge in [0.15, 0.2) is 0 Å². The fraction of sp³-hybridized carbons (Fsp3) is 1.00. The fourth-order valence-electron chi connectivity index (χ4n) is 1.80. The Kier molecular flexibility index (Phi) is 10.0. The van der Waals surface area contributed by atoms with E-state index in [4.69, 9.17) is 0 Å². The summed E-state index contributed by atoms with van der Waals surface area (Å²) in [5.41, 5.74) is 0. The van der Waals surface area contributed by atoms with Crippen molar-refractivity contribution in [3.63, 3.8) is 0 Å². The summed E-state index contributed by atoms with van der Waals surface area (Å²) in [5, 5.41) is 3.47. The van der Waals surface area contributed by atoms with E-state index in [1.54, 1.807) is 0 Å². The third-order valence-electron chi connectivity index (χ3n) is 3.17. The molecule has 0 rings (SSSR count). The van der Waals surface area contributed by atoms with Crippen LogP contribution < -0.4 is 5.32 Å². The Morgan fingerprint density at radius 3 is 2.25 bits per heavy atom. The van der Waals surface area contributed by atoms with Gasteiger partial charge in [0.25, 0.3) is 0 Å². The maximum Gasteiger partial charge on any atom is 0.00103 e. The van der Waals surface area contributed by atoms with E-state index in [0.29, 0.717) is 6.04 Å². The van der Waals surface area contributed by atoms with Gasteiger partial charge in [0.2, 0.25) is 0 Å². The Hall–Kier alpha value is -0.0800. The number of nitrogens with zero attached hydrogens (tertiary/aromatic N) is 1. The van der Waals surface area contributed by atoms with Crippen LogP contribution >= 0.6 is 0 Å². The summed E-state index contributed by atoms with van der Waals surface area (Å²) in [5.74, 6) is 0.841. The van der Waals surface area contributed by atoms with Crippen LogP contribution in [-0.4, -0.2) is 37.1 Å². The molecule has 0 aliphatic carbocycles. The molecule has 0 aromatic heterocycles. The van der Waals surface area contributed by atoms with E-state index < -0.39 is 0 Å². The van der Waals surface area contributed by atoms with E-state index in [2.05, 4.69) is 44.8 Å². The van der Waals surface area contributed by atoms with Gasteiger partial charge in [-0.3, -0.25) is 0 Å². The molecule has 0 bridgehead atoms. The molecule has 1 atom stereocenters. The van der Waals surface area contributed by atoms with Gasteiger partial charge in [0.1, 0.15) is 0 Å². The van der Waals surface area contributed by atoms with Crippen LogP contribution in [-0.2, 0) is 0 Å². The Balaban J connectivity index is 3.48. The number of hydrogen-bond acceptors (Lipinski definition) is 2. The molecule has 0 radical (unpaired) electrons. The molecule has 16 heavy (non-hydrogen) atoms. The molecule has 0 spiro atoms. The van der Waals surface area contributed by atoms with Crippen molar-refractivity contribution in [2.45, 2.75) is 59.9 Å². The topological polar surface area (TPSA) is 15.3 Å². The third-order valence-corrected chi connectivity index (χ3v) is 3.17. The molecule has 0 saturated heterocycles. The summed E-state index contributed by atoms with van der Waals surface area (Å²) in [6.07, 6.45) is 3.92. The van der Waals surface area contributed by atoms with Crippen LogP contribution in [0.3, 0.4) is 0 Å². The quantitative estimate of drug-likeness (QED) is 0.578. The van der Waals surface area contributed by atoms with Crippen LogP contribution in [0.2, 0.25) is 0 Å². The van der Waals surface area contributed by atoms with Crippen molar-refractivity contribution in [1.82, 2.24) is 10.2 Å². The van der Waals surface area contributed by atoms with Gasteiger partial charge in [-0.15, -0.1) is 0 Å². The first-order valence-electron chi connectivity index (χ1n) is 7.05. The maximum absolute atomic E-state index is 3.47. The number of hydrogen-bond donors (Lipinski definition) is 1. The number of nitrogens with one attached hydrogen (secondary N) is 1. The lowest BCUT2D eigenvalue weighted by atomic mass is 10.1. The highest BCUT2D eigenvalue weighted by atomic mass is 15.1. The molecule has 0 heterocycles. The van der Waals surface area contributed by atoms with Gasteiger partial charge in [-0.2, -0.15) is 0 Å². The van der Waals surface area contributed by atoms with Crippen molar-refractivity contribution < 1.29 is 0 Å². The summed E-state index contributed by atoms with van der Waals surface area (Å²) in [6, 6.07) is 0.627. The zero-order valence-electron chi connectivity index (χ0n) is 12.1. The maximum atomic E-state index is 3.47. The van der Waals surface area contributed by atoms with E-state index in [9.17, 15) is 0 Å². The molecule has 0 amide bonds. The first-order valence-corrected chi connectivity index (χ1v) is 7.05. The first-order chi connectivity index (χ1) is 7.60. The minimum Gasteiger partial charge on any atom is -0.315 e. The highest BCUT2D eigenvalue weighted by Crippen LogP contribution is 2.05. The standard InChI is InChI=1S/C14H32N2/c1-6-14(5)12-16(7-2)11-9-8-10-15-13(3)4/h13-15H,6-12H2,1-5H3. The average Bonchev–Trinajstić information content (AvgIpc) is 2.26. The lowest BCUT2D eigenvalue weighted by molar-refractivity contribution is 0.241. The van der Waals surface area contributed by atoms with Crippen molar-refractivity contribution in [1.29, 1.82) is 0 Å². The molecular weight excluding hydrogens is 196 g/mol. The normalized spacial score (nSPS) is 13.7. The summed E-state index contributed by atoms with van der Waals surface area (Å²) in [6.45, 7) is 16.2. The molecule has 0 aromatic carbocycles. The van der Waals surface area contributed by atoms with Crippen molar-refractivity contribution >= 4 is 0 Å². The molecular formula is C14H32N2. The molecule has 1 N–H and O–H groups in total. The first kappa shape index (κ1) is 15.9. The zero-order valence-corrected chi connectivity index (χ0v) is 12.1. The summed E-state index contributed by atoms with van der Waals surface area (Å²) >= 11 is 0. The Morgan fingerprint density at radius 1 is 1.06 bits per heavy atom. The van der Waals surface area contributed by atoms with Crippen molar-refractivity contribution in [2.24, 2.45) is 5.92 Å². The van der Waals surface area contributed by atoms with E-state index >= 15 is 0 Å². The average molecular weight is 228 g/mol. The van der Waals surface area contributed by atoms with Crippen LogP contribution in [0.5, 0.6) is 0 Å². The fourth-order valence-corrected chi connectivity index (χ4v) is 1.80. The lowest BCUT2D eigenvalue weighted by Crippen LogP contribution is -2.30. The van der Waals surface area contributed by atoms with E-state index in [0.717, 1.165) is 5.92 Å². The van der Waals surface area contributed by atoms with Crippen molar-refractivity contribution in [3.05, 3.63) is 0 Å².